The number of hydrogen-bond donors (Lipinski definition) is 2. The van der Waals surface area contributed by atoms with Crippen LogP contribution >= 0.6 is 23.2 Å². The van der Waals surface area contributed by atoms with E-state index >= 15 is 0 Å². The van der Waals surface area contributed by atoms with Crippen molar-refractivity contribution in [2.24, 2.45) is 0 Å². The average Bonchev–Trinajstić information content (AvgIpc) is 3.21. The van der Waals surface area contributed by atoms with Gasteiger partial charge in [-0.15, -0.1) is 0 Å². The second-order valence-corrected chi connectivity index (χ2v) is 11.4. The van der Waals surface area contributed by atoms with E-state index in [1.54, 1.807) is 53.5 Å². The van der Waals surface area contributed by atoms with Crippen LogP contribution in [0.2, 0.25) is 10.0 Å². The monoisotopic (exact) mass is 552 g/mol. The number of carboxylic acids is 1. The summed E-state index contributed by atoms with van der Waals surface area (Å²) in [6.45, 7) is -0.655. The Bertz CT molecular complexity index is 1550. The van der Waals surface area contributed by atoms with Gasteiger partial charge in [-0.1, -0.05) is 23.2 Å². The molecule has 2 aromatic carbocycles. The van der Waals surface area contributed by atoms with Crippen LogP contribution in [0, 0.1) is 0 Å². The summed E-state index contributed by atoms with van der Waals surface area (Å²) in [5.74, 6) is -0.705. The number of sulfonamides is 1. The third kappa shape index (κ3) is 5.34. The number of carboxylic acid groups (broad SMARTS) is 1. The first-order chi connectivity index (χ1) is 16.6. The van der Waals surface area contributed by atoms with Crippen LogP contribution in [0.3, 0.4) is 0 Å². The molecule has 35 heavy (non-hydrogen) atoms. The number of anilines is 1. The number of nitrogens with zero attached hydrogens (tertiary/aromatic N) is 3. The standard InChI is InChI=1S/C22H18Cl2N4O5S2/c1-34(31)18-4-6-25-21(12-18)27-7-5-14-8-17(2-3-20(14)27)28(26-13-22(29)30)35(32,33)19-10-15(23)9-16(24)11-19/h2-12,26H,13H2,1H3,(H,29,30). The molecule has 0 bridgehead atoms. The summed E-state index contributed by atoms with van der Waals surface area (Å²) < 4.78 is 41.3. The van der Waals surface area contributed by atoms with Crippen molar-refractivity contribution in [2.45, 2.75) is 9.79 Å². The van der Waals surface area contributed by atoms with Crippen molar-refractivity contribution < 1.29 is 22.5 Å². The lowest BCUT2D eigenvalue weighted by Gasteiger charge is -2.24. The zero-order chi connectivity index (χ0) is 25.3. The maximum absolute atomic E-state index is 13.4. The van der Waals surface area contributed by atoms with Gasteiger partial charge in [-0.05, 0) is 54.6 Å². The molecule has 0 amide bonds. The van der Waals surface area contributed by atoms with E-state index in [0.29, 0.717) is 21.6 Å². The Morgan fingerprint density at radius 3 is 2.49 bits per heavy atom. The Morgan fingerprint density at radius 2 is 1.83 bits per heavy atom. The lowest BCUT2D eigenvalue weighted by molar-refractivity contribution is -0.135. The molecule has 182 valence electrons. The molecule has 0 saturated heterocycles. The Balaban J connectivity index is 1.80. The molecule has 0 saturated carbocycles. The van der Waals surface area contributed by atoms with Crippen LogP contribution in [-0.2, 0) is 25.6 Å². The fraction of sp³-hybridized carbons (Fsp3) is 0.0909. The number of benzene rings is 2. The molecule has 0 aliphatic rings. The summed E-state index contributed by atoms with van der Waals surface area (Å²) in [6, 6.07) is 13.8. The number of fused-ring (bicyclic) bond motifs is 1. The van der Waals surface area contributed by atoms with Gasteiger partial charge in [0.15, 0.2) is 0 Å². The zero-order valence-corrected chi connectivity index (χ0v) is 21.2. The van der Waals surface area contributed by atoms with Gasteiger partial charge in [0.1, 0.15) is 12.4 Å². The Kier molecular flexibility index (Phi) is 7.15. The van der Waals surface area contributed by atoms with Crippen LogP contribution in [-0.4, -0.2) is 46.1 Å². The van der Waals surface area contributed by atoms with E-state index in [1.165, 1.54) is 24.3 Å². The molecular formula is C22H18Cl2N4O5S2. The number of halogens is 2. The predicted molar refractivity (Wildman–Crippen MR) is 135 cm³/mol. The zero-order valence-electron chi connectivity index (χ0n) is 18.1. The quantitative estimate of drug-likeness (QED) is 0.318. The van der Waals surface area contributed by atoms with Crippen molar-refractivity contribution in [3.05, 3.63) is 77.0 Å². The van der Waals surface area contributed by atoms with Gasteiger partial charge in [-0.3, -0.25) is 9.00 Å². The second-order valence-electron chi connectivity index (χ2n) is 7.34. The first-order valence-corrected chi connectivity index (χ1v) is 13.7. The molecule has 4 aromatic rings. The van der Waals surface area contributed by atoms with Gasteiger partial charge >= 0.3 is 5.97 Å². The van der Waals surface area contributed by atoms with Gasteiger partial charge in [0, 0.05) is 49.8 Å². The molecule has 1 unspecified atom stereocenters. The second kappa shape index (κ2) is 9.96. The summed E-state index contributed by atoms with van der Waals surface area (Å²) in [5, 5.41) is 10.0. The third-order valence-corrected chi connectivity index (χ3v) is 7.96. The average molecular weight is 553 g/mol. The Labute approximate surface area is 213 Å². The van der Waals surface area contributed by atoms with Crippen molar-refractivity contribution in [3.63, 3.8) is 0 Å². The molecule has 1 atom stereocenters. The number of nitrogens with one attached hydrogen (secondary N) is 1. The van der Waals surface area contributed by atoms with Crippen LogP contribution in [0.1, 0.15) is 0 Å². The van der Waals surface area contributed by atoms with Gasteiger partial charge in [-0.2, -0.15) is 12.8 Å². The summed E-state index contributed by atoms with van der Waals surface area (Å²) in [4.78, 5) is 15.9. The lowest BCUT2D eigenvalue weighted by atomic mass is 10.2. The fourth-order valence-electron chi connectivity index (χ4n) is 3.40. The molecule has 2 aromatic heterocycles. The molecule has 0 aliphatic carbocycles. The van der Waals surface area contributed by atoms with Crippen molar-refractivity contribution >= 4 is 66.6 Å². The fourth-order valence-corrected chi connectivity index (χ4v) is 5.97. The number of carbonyl (C=O) groups is 1. The molecule has 0 spiro atoms. The molecular weight excluding hydrogens is 535 g/mol. The van der Waals surface area contributed by atoms with Crippen molar-refractivity contribution in [1.82, 2.24) is 15.0 Å². The van der Waals surface area contributed by atoms with Crippen LogP contribution in [0.5, 0.6) is 0 Å². The van der Waals surface area contributed by atoms with Crippen LogP contribution in [0.15, 0.2) is 76.8 Å². The number of aromatic nitrogens is 2. The van der Waals surface area contributed by atoms with E-state index in [2.05, 4.69) is 10.4 Å². The first-order valence-electron chi connectivity index (χ1n) is 9.94. The number of hydrogen-bond acceptors (Lipinski definition) is 6. The van der Waals surface area contributed by atoms with Gasteiger partial charge in [-0.25, -0.2) is 10.4 Å². The minimum absolute atomic E-state index is 0.115. The first kappa shape index (κ1) is 25.1. The van der Waals surface area contributed by atoms with Crippen molar-refractivity contribution in [2.75, 3.05) is 17.2 Å². The summed E-state index contributed by atoms with van der Waals surface area (Å²) in [7, 11) is -5.47. The van der Waals surface area contributed by atoms with E-state index in [-0.39, 0.29) is 20.6 Å². The Hall–Kier alpha value is -2.96. The van der Waals surface area contributed by atoms with Crippen LogP contribution in [0.4, 0.5) is 5.69 Å². The smallest absolute Gasteiger partial charge is 0.319 e. The summed E-state index contributed by atoms with van der Waals surface area (Å²) >= 11 is 12.0. The third-order valence-electron chi connectivity index (χ3n) is 4.95. The molecule has 0 radical (unpaired) electrons. The van der Waals surface area contributed by atoms with Crippen LogP contribution in [0.25, 0.3) is 16.7 Å². The van der Waals surface area contributed by atoms with Gasteiger partial charge in [0.25, 0.3) is 10.0 Å². The van der Waals surface area contributed by atoms with E-state index in [9.17, 15) is 17.4 Å². The summed E-state index contributed by atoms with van der Waals surface area (Å²) in [5.41, 5.74) is 3.32. The van der Waals surface area contributed by atoms with Gasteiger partial charge < -0.3 is 9.67 Å². The van der Waals surface area contributed by atoms with Crippen molar-refractivity contribution in [1.29, 1.82) is 0 Å². The molecule has 0 fully saturated rings. The highest BCUT2D eigenvalue weighted by Gasteiger charge is 2.27. The SMILES string of the molecule is CS(=O)c1ccnc(-n2ccc3cc(N(NCC(=O)O)S(=O)(=O)c4cc(Cl)cc(Cl)c4)ccc32)c1. The minimum Gasteiger partial charge on any atom is -0.480 e. The number of rotatable bonds is 8. The highest BCUT2D eigenvalue weighted by molar-refractivity contribution is 7.92. The Morgan fingerprint density at radius 1 is 1.11 bits per heavy atom. The number of aliphatic carboxylic acids is 1. The molecule has 9 nitrogen and oxygen atoms in total. The van der Waals surface area contributed by atoms with Gasteiger partial charge in [0.05, 0.1) is 16.1 Å². The highest BCUT2D eigenvalue weighted by Crippen LogP contribution is 2.30. The van der Waals surface area contributed by atoms with E-state index in [0.717, 1.165) is 4.41 Å². The molecule has 2 N–H and O–H groups in total. The highest BCUT2D eigenvalue weighted by atomic mass is 35.5. The van der Waals surface area contributed by atoms with Gasteiger partial charge in [0.2, 0.25) is 0 Å². The van der Waals surface area contributed by atoms with E-state index < -0.39 is 33.3 Å². The largest absolute Gasteiger partial charge is 0.480 e. The topological polar surface area (TPSA) is 122 Å². The lowest BCUT2D eigenvalue weighted by Crippen LogP contribution is -2.45. The number of hydrazine groups is 1. The molecule has 0 aliphatic heterocycles. The maximum atomic E-state index is 13.4. The number of pyridine rings is 1. The minimum atomic E-state index is -4.29. The predicted octanol–water partition coefficient (Wildman–Crippen LogP) is 3.85. The molecule has 13 heteroatoms. The van der Waals surface area contributed by atoms with Crippen molar-refractivity contribution in [3.8, 4) is 5.82 Å². The maximum Gasteiger partial charge on any atom is 0.319 e. The van der Waals surface area contributed by atoms with Crippen LogP contribution < -0.4 is 9.84 Å². The molecule has 4 rings (SSSR count). The summed E-state index contributed by atoms with van der Waals surface area (Å²) in [6.07, 6.45) is 4.89. The molecule has 2 heterocycles. The van der Waals surface area contributed by atoms with E-state index in [4.69, 9.17) is 28.3 Å². The van der Waals surface area contributed by atoms with E-state index in [1.807, 2.05) is 0 Å². The normalized spacial score (nSPS) is 12.5.